The minimum Gasteiger partial charge on any atom is -0.0622 e. The van der Waals surface area contributed by atoms with Crippen molar-refractivity contribution in [3.05, 3.63) is 131 Å². The second kappa shape index (κ2) is 6.80. The summed E-state index contributed by atoms with van der Waals surface area (Å²) in [6, 6.07) is 40.3. The number of fused-ring (bicyclic) bond motifs is 6. The van der Waals surface area contributed by atoms with Gasteiger partial charge in [-0.25, -0.2) is 0 Å². The van der Waals surface area contributed by atoms with E-state index < -0.39 is 0 Å². The minimum atomic E-state index is 0.999. The lowest BCUT2D eigenvalue weighted by Gasteiger charge is -2.17. The second-order valence-corrected chi connectivity index (χ2v) is 8.92. The van der Waals surface area contributed by atoms with Gasteiger partial charge in [0.2, 0.25) is 0 Å². The van der Waals surface area contributed by atoms with E-state index in [9.17, 15) is 0 Å². The van der Waals surface area contributed by atoms with E-state index in [1.165, 1.54) is 66.8 Å². The van der Waals surface area contributed by atoms with Gasteiger partial charge in [0.05, 0.1) is 0 Å². The molecular formula is C32H22. The first-order chi connectivity index (χ1) is 15.9. The van der Waals surface area contributed by atoms with Crippen LogP contribution in [0, 0.1) is 0 Å². The monoisotopic (exact) mass is 406 g/mol. The third-order valence-electron chi connectivity index (χ3n) is 7.15. The summed E-state index contributed by atoms with van der Waals surface area (Å²) < 4.78 is 0. The van der Waals surface area contributed by atoms with Crippen LogP contribution >= 0.6 is 0 Å². The van der Waals surface area contributed by atoms with Crippen LogP contribution in [0.5, 0.6) is 0 Å². The van der Waals surface area contributed by atoms with Crippen LogP contribution in [0.2, 0.25) is 0 Å². The molecule has 0 unspecified atom stereocenters. The average Bonchev–Trinajstić information content (AvgIpc) is 3.41. The highest BCUT2D eigenvalue weighted by molar-refractivity contribution is 5.94. The summed E-state index contributed by atoms with van der Waals surface area (Å²) >= 11 is 0. The fourth-order valence-electron chi connectivity index (χ4n) is 5.70. The van der Waals surface area contributed by atoms with Crippen molar-refractivity contribution in [2.75, 3.05) is 0 Å². The lowest BCUT2D eigenvalue weighted by Crippen LogP contribution is -1.94. The summed E-state index contributed by atoms with van der Waals surface area (Å²) in [5.41, 5.74) is 16.7. The molecule has 0 spiro atoms. The molecule has 0 atom stereocenters. The molecule has 0 heterocycles. The lowest BCUT2D eigenvalue weighted by molar-refractivity contribution is 1.25. The Kier molecular flexibility index (Phi) is 3.77. The van der Waals surface area contributed by atoms with Gasteiger partial charge in [-0.1, -0.05) is 109 Å². The van der Waals surface area contributed by atoms with Crippen LogP contribution in [0.3, 0.4) is 0 Å². The Morgan fingerprint density at radius 1 is 0.375 bits per heavy atom. The highest BCUT2D eigenvalue weighted by Gasteiger charge is 2.25. The largest absolute Gasteiger partial charge is 0.0622 e. The van der Waals surface area contributed by atoms with Crippen LogP contribution in [0.15, 0.2) is 109 Å². The van der Waals surface area contributed by atoms with Crippen molar-refractivity contribution in [3.8, 4) is 44.5 Å². The Labute approximate surface area is 188 Å². The molecule has 0 fully saturated rings. The van der Waals surface area contributed by atoms with E-state index in [1.54, 1.807) is 0 Å². The summed E-state index contributed by atoms with van der Waals surface area (Å²) in [4.78, 5) is 0. The molecule has 32 heavy (non-hydrogen) atoms. The van der Waals surface area contributed by atoms with Crippen LogP contribution in [0.1, 0.15) is 22.3 Å². The molecular weight excluding hydrogens is 384 g/mol. The molecule has 5 aromatic rings. The van der Waals surface area contributed by atoms with Gasteiger partial charge in [0.1, 0.15) is 0 Å². The highest BCUT2D eigenvalue weighted by atomic mass is 14.3. The molecule has 0 radical (unpaired) electrons. The maximum absolute atomic E-state index is 2.44. The molecule has 0 heteroatoms. The first-order valence-corrected chi connectivity index (χ1v) is 11.4. The van der Waals surface area contributed by atoms with Gasteiger partial charge in [0, 0.05) is 0 Å². The van der Waals surface area contributed by atoms with Crippen molar-refractivity contribution in [1.82, 2.24) is 0 Å². The summed E-state index contributed by atoms with van der Waals surface area (Å²) in [7, 11) is 0. The Morgan fingerprint density at radius 2 is 0.969 bits per heavy atom. The van der Waals surface area contributed by atoms with E-state index in [2.05, 4.69) is 109 Å². The third kappa shape index (κ3) is 2.56. The van der Waals surface area contributed by atoms with Crippen LogP contribution in [0.4, 0.5) is 0 Å². The Balaban J connectivity index is 1.47. The molecule has 0 saturated carbocycles. The fraction of sp³-hybridized carbons (Fsp3) is 0.0625. The maximum Gasteiger partial charge on any atom is -0.000706 e. The van der Waals surface area contributed by atoms with Gasteiger partial charge in [-0.3, -0.25) is 0 Å². The lowest BCUT2D eigenvalue weighted by atomic mass is 9.87. The SMILES string of the molecule is c1ccc(-c2ccc3c(c2-c2ccc4c(c2)Cc2ccccc2-4)Cc2ccccc2-3)cc1. The molecule has 2 aliphatic carbocycles. The van der Waals surface area contributed by atoms with Crippen molar-refractivity contribution < 1.29 is 0 Å². The predicted octanol–water partition coefficient (Wildman–Crippen LogP) is 8.16. The van der Waals surface area contributed by atoms with Crippen molar-refractivity contribution >= 4 is 0 Å². The second-order valence-electron chi connectivity index (χ2n) is 8.92. The van der Waals surface area contributed by atoms with E-state index >= 15 is 0 Å². The van der Waals surface area contributed by atoms with E-state index in [1.807, 2.05) is 0 Å². The molecule has 0 N–H and O–H groups in total. The standard InChI is InChI=1S/C32H22/c1-2-8-21(9-3-1)29-16-17-30-27-13-7-5-11-23(27)20-31(30)32(29)24-14-15-28-25(19-24)18-22-10-4-6-12-26(22)28/h1-17,19H,18,20H2. The van der Waals surface area contributed by atoms with Crippen molar-refractivity contribution in [3.63, 3.8) is 0 Å². The van der Waals surface area contributed by atoms with Crippen LogP contribution in [-0.2, 0) is 12.8 Å². The summed E-state index contributed by atoms with van der Waals surface area (Å²) in [5.74, 6) is 0. The van der Waals surface area contributed by atoms with Crippen LogP contribution in [-0.4, -0.2) is 0 Å². The zero-order valence-corrected chi connectivity index (χ0v) is 17.8. The topological polar surface area (TPSA) is 0 Å². The molecule has 2 aliphatic rings. The van der Waals surface area contributed by atoms with Gasteiger partial charge < -0.3 is 0 Å². The smallest absolute Gasteiger partial charge is 0.000706 e. The summed E-state index contributed by atoms with van der Waals surface area (Å²) in [5, 5.41) is 0. The molecule has 0 bridgehead atoms. The Morgan fingerprint density at radius 3 is 1.78 bits per heavy atom. The van der Waals surface area contributed by atoms with Crippen LogP contribution < -0.4 is 0 Å². The van der Waals surface area contributed by atoms with E-state index in [0.29, 0.717) is 0 Å². The van der Waals surface area contributed by atoms with Crippen LogP contribution in [0.25, 0.3) is 44.5 Å². The van der Waals surface area contributed by atoms with Crippen molar-refractivity contribution in [2.45, 2.75) is 12.8 Å². The molecule has 5 aromatic carbocycles. The van der Waals surface area contributed by atoms with Gasteiger partial charge in [-0.2, -0.15) is 0 Å². The van der Waals surface area contributed by atoms with E-state index in [4.69, 9.17) is 0 Å². The zero-order chi connectivity index (χ0) is 21.1. The quantitative estimate of drug-likeness (QED) is 0.272. The van der Waals surface area contributed by atoms with Gasteiger partial charge in [0.15, 0.2) is 0 Å². The molecule has 0 nitrogen and oxygen atoms in total. The molecule has 7 rings (SSSR count). The fourth-order valence-corrected chi connectivity index (χ4v) is 5.70. The number of hydrogen-bond acceptors (Lipinski definition) is 0. The summed E-state index contributed by atoms with van der Waals surface area (Å²) in [6.45, 7) is 0. The molecule has 0 amide bonds. The van der Waals surface area contributed by atoms with Crippen molar-refractivity contribution in [2.24, 2.45) is 0 Å². The number of benzene rings is 5. The van der Waals surface area contributed by atoms with E-state index in [0.717, 1.165) is 12.8 Å². The first kappa shape index (κ1) is 17.7. The van der Waals surface area contributed by atoms with Gasteiger partial charge in [0.25, 0.3) is 0 Å². The molecule has 0 aromatic heterocycles. The summed E-state index contributed by atoms with van der Waals surface area (Å²) in [6.07, 6.45) is 2.02. The zero-order valence-electron chi connectivity index (χ0n) is 17.8. The average molecular weight is 407 g/mol. The highest BCUT2D eigenvalue weighted by Crippen LogP contribution is 2.47. The normalized spacial score (nSPS) is 12.8. The minimum absolute atomic E-state index is 0.999. The Hall–Kier alpha value is -3.90. The maximum atomic E-state index is 2.44. The Bertz CT molecular complexity index is 1510. The first-order valence-electron chi connectivity index (χ1n) is 11.4. The number of hydrogen-bond donors (Lipinski definition) is 0. The number of rotatable bonds is 2. The molecule has 0 saturated heterocycles. The molecule has 150 valence electrons. The molecule has 0 aliphatic heterocycles. The van der Waals surface area contributed by atoms with Gasteiger partial charge >= 0.3 is 0 Å². The van der Waals surface area contributed by atoms with Gasteiger partial charge in [-0.15, -0.1) is 0 Å². The predicted molar refractivity (Wildman–Crippen MR) is 134 cm³/mol. The van der Waals surface area contributed by atoms with Gasteiger partial charge in [-0.05, 0) is 79.6 Å². The third-order valence-corrected chi connectivity index (χ3v) is 7.15. The van der Waals surface area contributed by atoms with Crippen molar-refractivity contribution in [1.29, 1.82) is 0 Å². The van der Waals surface area contributed by atoms with E-state index in [-0.39, 0.29) is 0 Å².